The molecule has 0 aliphatic carbocycles. The van der Waals surface area contributed by atoms with Crippen LogP contribution in [0.1, 0.15) is 17.3 Å². The maximum Gasteiger partial charge on any atom is 0.262 e. The van der Waals surface area contributed by atoms with Gasteiger partial charge in [0.1, 0.15) is 5.56 Å². The van der Waals surface area contributed by atoms with Crippen LogP contribution in [-0.2, 0) is 0 Å². The summed E-state index contributed by atoms with van der Waals surface area (Å²) in [6.45, 7) is 2.30. The first kappa shape index (κ1) is 18.8. The predicted octanol–water partition coefficient (Wildman–Crippen LogP) is 5.52. The Bertz CT molecular complexity index is 1110. The highest BCUT2D eigenvalue weighted by Crippen LogP contribution is 2.28. The molecule has 0 bridgehead atoms. The number of hydrogen-bond donors (Lipinski definition) is 1. The van der Waals surface area contributed by atoms with E-state index in [9.17, 15) is 4.79 Å². The average molecular weight is 401 g/mol. The molecule has 0 spiro atoms. The molecule has 0 radical (unpaired) electrons. The highest BCUT2D eigenvalue weighted by Gasteiger charge is 2.15. The SMILES string of the molecule is CCOc1ncccc1C(=O)Nc1nc(-c2ccc(-c3ccccc3)cc2)cs1. The first-order valence-corrected chi connectivity index (χ1v) is 10.1. The van der Waals surface area contributed by atoms with E-state index in [-0.39, 0.29) is 5.91 Å². The van der Waals surface area contributed by atoms with E-state index in [1.165, 1.54) is 16.9 Å². The second-order valence-corrected chi connectivity index (χ2v) is 7.08. The Morgan fingerprint density at radius 2 is 1.69 bits per heavy atom. The molecule has 0 unspecified atom stereocenters. The number of hydrogen-bond acceptors (Lipinski definition) is 5. The van der Waals surface area contributed by atoms with Crippen LogP contribution < -0.4 is 10.1 Å². The molecule has 1 amide bonds. The van der Waals surface area contributed by atoms with Crippen LogP contribution in [0.2, 0.25) is 0 Å². The van der Waals surface area contributed by atoms with Gasteiger partial charge in [-0.15, -0.1) is 11.3 Å². The van der Waals surface area contributed by atoms with Gasteiger partial charge in [-0.2, -0.15) is 0 Å². The molecule has 2 aromatic carbocycles. The molecule has 6 heteroatoms. The molecule has 2 heterocycles. The van der Waals surface area contributed by atoms with Crippen LogP contribution in [0, 0.1) is 0 Å². The van der Waals surface area contributed by atoms with Crippen molar-refractivity contribution in [1.82, 2.24) is 9.97 Å². The molecule has 2 aromatic heterocycles. The summed E-state index contributed by atoms with van der Waals surface area (Å²) in [6.07, 6.45) is 1.60. The Labute approximate surface area is 173 Å². The van der Waals surface area contributed by atoms with Crippen molar-refractivity contribution >= 4 is 22.4 Å². The lowest BCUT2D eigenvalue weighted by molar-refractivity contribution is 0.102. The van der Waals surface area contributed by atoms with E-state index >= 15 is 0 Å². The normalized spacial score (nSPS) is 10.5. The van der Waals surface area contributed by atoms with Crippen molar-refractivity contribution in [2.45, 2.75) is 6.92 Å². The minimum atomic E-state index is -0.290. The van der Waals surface area contributed by atoms with Gasteiger partial charge in [0, 0.05) is 17.1 Å². The molecule has 0 aliphatic rings. The van der Waals surface area contributed by atoms with Gasteiger partial charge < -0.3 is 4.74 Å². The third-order valence-corrected chi connectivity index (χ3v) is 5.07. The smallest absolute Gasteiger partial charge is 0.262 e. The summed E-state index contributed by atoms with van der Waals surface area (Å²) in [4.78, 5) is 21.3. The monoisotopic (exact) mass is 401 g/mol. The fourth-order valence-corrected chi connectivity index (χ4v) is 3.62. The summed E-state index contributed by atoms with van der Waals surface area (Å²) in [6, 6.07) is 21.8. The summed E-state index contributed by atoms with van der Waals surface area (Å²) in [5.41, 5.74) is 4.53. The Kier molecular flexibility index (Phi) is 5.63. The molecule has 4 rings (SSSR count). The van der Waals surface area contributed by atoms with Crippen molar-refractivity contribution in [3.05, 3.63) is 83.9 Å². The number of pyridine rings is 1. The highest BCUT2D eigenvalue weighted by molar-refractivity contribution is 7.14. The first-order valence-electron chi connectivity index (χ1n) is 9.25. The van der Waals surface area contributed by atoms with Crippen LogP contribution in [0.4, 0.5) is 5.13 Å². The minimum Gasteiger partial charge on any atom is -0.477 e. The van der Waals surface area contributed by atoms with Gasteiger partial charge in [0.2, 0.25) is 5.88 Å². The molecule has 0 fully saturated rings. The van der Waals surface area contributed by atoms with E-state index in [4.69, 9.17) is 4.74 Å². The van der Waals surface area contributed by atoms with Crippen LogP contribution in [0.25, 0.3) is 22.4 Å². The number of carbonyl (C=O) groups is 1. The van der Waals surface area contributed by atoms with Crippen molar-refractivity contribution in [2.75, 3.05) is 11.9 Å². The van der Waals surface area contributed by atoms with Crippen LogP contribution in [0.3, 0.4) is 0 Å². The number of ether oxygens (including phenoxy) is 1. The van der Waals surface area contributed by atoms with E-state index < -0.39 is 0 Å². The summed E-state index contributed by atoms with van der Waals surface area (Å²) in [5, 5.41) is 5.29. The highest BCUT2D eigenvalue weighted by atomic mass is 32.1. The lowest BCUT2D eigenvalue weighted by atomic mass is 10.0. The number of anilines is 1. The van der Waals surface area contributed by atoms with Gasteiger partial charge in [-0.25, -0.2) is 9.97 Å². The van der Waals surface area contributed by atoms with E-state index in [0.29, 0.717) is 23.2 Å². The molecule has 0 aliphatic heterocycles. The third-order valence-electron chi connectivity index (χ3n) is 4.31. The Hall–Kier alpha value is -3.51. The number of nitrogens with one attached hydrogen (secondary N) is 1. The van der Waals surface area contributed by atoms with Crippen LogP contribution in [-0.4, -0.2) is 22.5 Å². The van der Waals surface area contributed by atoms with Crippen molar-refractivity contribution in [3.8, 4) is 28.3 Å². The third kappa shape index (κ3) is 4.33. The molecular formula is C23H19N3O2S. The molecule has 4 aromatic rings. The van der Waals surface area contributed by atoms with Gasteiger partial charge in [-0.3, -0.25) is 10.1 Å². The van der Waals surface area contributed by atoms with Crippen molar-refractivity contribution in [2.24, 2.45) is 0 Å². The zero-order valence-corrected chi connectivity index (χ0v) is 16.6. The van der Waals surface area contributed by atoms with Gasteiger partial charge in [-0.1, -0.05) is 54.6 Å². The van der Waals surface area contributed by atoms with E-state index in [1.807, 2.05) is 42.6 Å². The second-order valence-electron chi connectivity index (χ2n) is 6.22. The fraction of sp³-hybridized carbons (Fsp3) is 0.0870. The Morgan fingerprint density at radius 3 is 2.45 bits per heavy atom. The van der Waals surface area contributed by atoms with Gasteiger partial charge in [-0.05, 0) is 30.2 Å². The van der Waals surface area contributed by atoms with Gasteiger partial charge in [0.25, 0.3) is 5.91 Å². The largest absolute Gasteiger partial charge is 0.477 e. The fourth-order valence-electron chi connectivity index (χ4n) is 2.91. The van der Waals surface area contributed by atoms with Crippen molar-refractivity contribution in [1.29, 1.82) is 0 Å². The van der Waals surface area contributed by atoms with Crippen molar-refractivity contribution < 1.29 is 9.53 Å². The zero-order chi connectivity index (χ0) is 20.1. The molecule has 0 saturated heterocycles. The molecule has 0 atom stereocenters. The molecule has 5 nitrogen and oxygen atoms in total. The maximum atomic E-state index is 12.6. The quantitative estimate of drug-likeness (QED) is 0.462. The lowest BCUT2D eigenvalue weighted by Gasteiger charge is -2.07. The summed E-state index contributed by atoms with van der Waals surface area (Å²) >= 11 is 1.38. The molecule has 144 valence electrons. The van der Waals surface area contributed by atoms with Crippen LogP contribution in [0.5, 0.6) is 5.88 Å². The van der Waals surface area contributed by atoms with Crippen LogP contribution in [0.15, 0.2) is 78.3 Å². The topological polar surface area (TPSA) is 64.1 Å². The number of benzene rings is 2. The van der Waals surface area contributed by atoms with E-state index in [2.05, 4.69) is 39.6 Å². The lowest BCUT2D eigenvalue weighted by Crippen LogP contribution is -2.14. The van der Waals surface area contributed by atoms with Gasteiger partial charge in [0.15, 0.2) is 5.13 Å². The number of amides is 1. The van der Waals surface area contributed by atoms with Crippen LogP contribution >= 0.6 is 11.3 Å². The summed E-state index contributed by atoms with van der Waals surface area (Å²) in [7, 11) is 0. The minimum absolute atomic E-state index is 0.290. The molecule has 1 N–H and O–H groups in total. The van der Waals surface area contributed by atoms with E-state index in [0.717, 1.165) is 16.8 Å². The standard InChI is InChI=1S/C23H19N3O2S/c1-2-28-22-19(9-6-14-24-22)21(27)26-23-25-20(15-29-23)18-12-10-17(11-13-18)16-7-4-3-5-8-16/h3-15H,2H2,1H3,(H,25,26,27). The zero-order valence-electron chi connectivity index (χ0n) is 15.8. The summed E-state index contributed by atoms with van der Waals surface area (Å²) in [5.74, 6) is 0.0302. The molecule has 0 saturated carbocycles. The molecular weight excluding hydrogens is 382 g/mol. The number of nitrogens with zero attached hydrogens (tertiary/aromatic N) is 2. The number of carbonyl (C=O) groups excluding carboxylic acids is 1. The molecule has 29 heavy (non-hydrogen) atoms. The average Bonchev–Trinajstić information content (AvgIpc) is 3.23. The number of rotatable bonds is 6. The van der Waals surface area contributed by atoms with E-state index in [1.54, 1.807) is 18.3 Å². The maximum absolute atomic E-state index is 12.6. The number of thiazole rings is 1. The summed E-state index contributed by atoms with van der Waals surface area (Å²) < 4.78 is 5.43. The Balaban J connectivity index is 1.49. The van der Waals surface area contributed by atoms with Gasteiger partial charge in [0.05, 0.1) is 12.3 Å². The first-order chi connectivity index (χ1) is 14.2. The second kappa shape index (κ2) is 8.67. The van der Waals surface area contributed by atoms with Gasteiger partial charge >= 0.3 is 0 Å². The number of aromatic nitrogens is 2. The Morgan fingerprint density at radius 1 is 0.966 bits per heavy atom. The van der Waals surface area contributed by atoms with Crippen molar-refractivity contribution in [3.63, 3.8) is 0 Å². The predicted molar refractivity (Wildman–Crippen MR) is 116 cm³/mol.